The largest absolute Gasteiger partial charge is 0.508 e. The van der Waals surface area contributed by atoms with Crippen molar-refractivity contribution in [2.75, 3.05) is 5.32 Å². The van der Waals surface area contributed by atoms with Gasteiger partial charge in [-0.15, -0.1) is 0 Å². The van der Waals surface area contributed by atoms with Crippen LogP contribution in [0.1, 0.15) is 11.1 Å². The van der Waals surface area contributed by atoms with Gasteiger partial charge in [0.1, 0.15) is 5.75 Å². The van der Waals surface area contributed by atoms with Gasteiger partial charge in [-0.25, -0.2) is 0 Å². The Morgan fingerprint density at radius 1 is 1.00 bits per heavy atom. The minimum Gasteiger partial charge on any atom is -0.508 e. The number of hydrogen-bond acceptors (Lipinski definition) is 4. The Morgan fingerprint density at radius 2 is 1.73 bits per heavy atom. The van der Waals surface area contributed by atoms with Gasteiger partial charge in [0.25, 0.3) is 0 Å². The van der Waals surface area contributed by atoms with Crippen LogP contribution in [0.4, 0.5) is 5.69 Å². The molecule has 0 atom stereocenters. The molecular weight excluding hydrogens is 282 g/mol. The fraction of sp³-hybridized carbons (Fsp3) is 0.125. The highest BCUT2D eigenvalue weighted by molar-refractivity contribution is 6.39. The van der Waals surface area contributed by atoms with Crippen molar-refractivity contribution in [1.82, 2.24) is 5.32 Å². The Kier molecular flexibility index (Phi) is 5.11. The van der Waals surface area contributed by atoms with E-state index in [-0.39, 0.29) is 12.3 Å². The lowest BCUT2D eigenvalue weighted by Crippen LogP contribution is -2.34. The standard InChI is InChI=1S/C16H17N3O3/c17-9-11-3-1-4-12(7-11)10-18-15(21)16(22)19-13-5-2-6-14(20)8-13/h1-8,20H,9-10,17H2,(H,18,21)(H,19,22). The van der Waals surface area contributed by atoms with Crippen molar-refractivity contribution in [2.24, 2.45) is 5.73 Å². The lowest BCUT2D eigenvalue weighted by atomic mass is 10.1. The molecule has 0 radical (unpaired) electrons. The summed E-state index contributed by atoms with van der Waals surface area (Å²) < 4.78 is 0. The molecule has 0 fully saturated rings. The van der Waals surface area contributed by atoms with Crippen LogP contribution in [-0.2, 0) is 22.7 Å². The number of phenolic OH excluding ortho intramolecular Hbond substituents is 1. The zero-order valence-corrected chi connectivity index (χ0v) is 11.9. The van der Waals surface area contributed by atoms with Crippen LogP contribution in [-0.4, -0.2) is 16.9 Å². The summed E-state index contributed by atoms with van der Waals surface area (Å²) in [6, 6.07) is 13.4. The molecule has 5 N–H and O–H groups in total. The maximum absolute atomic E-state index is 11.7. The molecule has 2 aromatic rings. The molecule has 0 aliphatic rings. The highest BCUT2D eigenvalue weighted by atomic mass is 16.3. The summed E-state index contributed by atoms with van der Waals surface area (Å²) in [5, 5.41) is 14.2. The normalized spacial score (nSPS) is 10.0. The van der Waals surface area contributed by atoms with E-state index >= 15 is 0 Å². The quantitative estimate of drug-likeness (QED) is 0.635. The first kappa shape index (κ1) is 15.5. The number of amides is 2. The molecular formula is C16H17N3O3. The van der Waals surface area contributed by atoms with E-state index in [9.17, 15) is 14.7 Å². The van der Waals surface area contributed by atoms with Crippen molar-refractivity contribution < 1.29 is 14.7 Å². The van der Waals surface area contributed by atoms with Crippen LogP contribution in [0.15, 0.2) is 48.5 Å². The van der Waals surface area contributed by atoms with Gasteiger partial charge in [0.15, 0.2) is 0 Å². The maximum Gasteiger partial charge on any atom is 0.313 e. The maximum atomic E-state index is 11.7. The van der Waals surface area contributed by atoms with Crippen molar-refractivity contribution in [3.05, 3.63) is 59.7 Å². The van der Waals surface area contributed by atoms with Gasteiger partial charge >= 0.3 is 11.8 Å². The fourth-order valence-corrected chi connectivity index (χ4v) is 1.90. The monoisotopic (exact) mass is 299 g/mol. The Labute approximate surface area is 128 Å². The van der Waals surface area contributed by atoms with Gasteiger partial charge in [0.2, 0.25) is 0 Å². The first-order valence-electron chi connectivity index (χ1n) is 6.74. The lowest BCUT2D eigenvalue weighted by Gasteiger charge is -2.07. The average Bonchev–Trinajstić information content (AvgIpc) is 2.52. The van der Waals surface area contributed by atoms with Crippen molar-refractivity contribution in [2.45, 2.75) is 13.1 Å². The molecule has 2 amide bonds. The van der Waals surface area contributed by atoms with Gasteiger partial charge in [-0.3, -0.25) is 9.59 Å². The lowest BCUT2D eigenvalue weighted by molar-refractivity contribution is -0.136. The van der Waals surface area contributed by atoms with E-state index in [0.717, 1.165) is 11.1 Å². The van der Waals surface area contributed by atoms with E-state index in [1.165, 1.54) is 12.1 Å². The number of nitrogens with two attached hydrogens (primary N) is 1. The number of nitrogens with one attached hydrogen (secondary N) is 2. The summed E-state index contributed by atoms with van der Waals surface area (Å²) in [6.45, 7) is 0.653. The van der Waals surface area contributed by atoms with E-state index in [4.69, 9.17) is 5.73 Å². The molecule has 6 heteroatoms. The predicted octanol–water partition coefficient (Wildman–Crippen LogP) is 1.11. The van der Waals surface area contributed by atoms with E-state index in [1.807, 2.05) is 24.3 Å². The summed E-state index contributed by atoms with van der Waals surface area (Å²) in [6.07, 6.45) is 0. The second-order valence-electron chi connectivity index (χ2n) is 4.71. The zero-order chi connectivity index (χ0) is 15.9. The summed E-state index contributed by atoms with van der Waals surface area (Å²) >= 11 is 0. The van der Waals surface area contributed by atoms with Crippen molar-refractivity contribution in [3.8, 4) is 5.75 Å². The number of anilines is 1. The van der Waals surface area contributed by atoms with E-state index < -0.39 is 11.8 Å². The summed E-state index contributed by atoms with van der Waals surface area (Å²) in [5.74, 6) is -1.53. The van der Waals surface area contributed by atoms with Crippen molar-refractivity contribution >= 4 is 17.5 Å². The number of rotatable bonds is 4. The summed E-state index contributed by atoms with van der Waals surface area (Å²) in [4.78, 5) is 23.5. The SMILES string of the molecule is NCc1cccc(CNC(=O)C(=O)Nc2cccc(O)c2)c1. The Morgan fingerprint density at radius 3 is 2.45 bits per heavy atom. The molecule has 6 nitrogen and oxygen atoms in total. The number of hydrogen-bond donors (Lipinski definition) is 4. The first-order chi connectivity index (χ1) is 10.6. The molecule has 0 aromatic heterocycles. The molecule has 0 saturated heterocycles. The van der Waals surface area contributed by atoms with Gasteiger partial charge in [-0.05, 0) is 23.3 Å². The molecule has 0 heterocycles. The van der Waals surface area contributed by atoms with E-state index in [2.05, 4.69) is 10.6 Å². The number of carbonyl (C=O) groups is 2. The van der Waals surface area contributed by atoms with Crippen molar-refractivity contribution in [1.29, 1.82) is 0 Å². The van der Waals surface area contributed by atoms with Crippen molar-refractivity contribution in [3.63, 3.8) is 0 Å². The Balaban J connectivity index is 1.90. The number of phenols is 1. The highest BCUT2D eigenvalue weighted by Gasteiger charge is 2.13. The number of aromatic hydroxyl groups is 1. The molecule has 0 unspecified atom stereocenters. The van der Waals surface area contributed by atoms with E-state index in [1.54, 1.807) is 12.1 Å². The highest BCUT2D eigenvalue weighted by Crippen LogP contribution is 2.15. The second kappa shape index (κ2) is 7.24. The second-order valence-corrected chi connectivity index (χ2v) is 4.71. The van der Waals surface area contributed by atoms with Gasteiger partial charge < -0.3 is 21.5 Å². The molecule has 0 saturated carbocycles. The molecule has 114 valence electrons. The van der Waals surface area contributed by atoms with Gasteiger partial charge in [-0.2, -0.15) is 0 Å². The molecule has 0 aliphatic carbocycles. The Hall–Kier alpha value is -2.86. The smallest absolute Gasteiger partial charge is 0.313 e. The van der Waals surface area contributed by atoms with Crippen LogP contribution in [0.2, 0.25) is 0 Å². The van der Waals surface area contributed by atoms with Crippen LogP contribution in [0.5, 0.6) is 5.75 Å². The van der Waals surface area contributed by atoms with Crippen LogP contribution >= 0.6 is 0 Å². The fourth-order valence-electron chi connectivity index (χ4n) is 1.90. The average molecular weight is 299 g/mol. The molecule has 22 heavy (non-hydrogen) atoms. The van der Waals surface area contributed by atoms with Crippen LogP contribution in [0, 0.1) is 0 Å². The number of benzene rings is 2. The molecule has 0 spiro atoms. The third kappa shape index (κ3) is 4.32. The molecule has 0 aliphatic heterocycles. The minimum atomic E-state index is -0.791. The first-order valence-corrected chi connectivity index (χ1v) is 6.74. The number of carbonyl (C=O) groups excluding carboxylic acids is 2. The van der Waals surface area contributed by atoms with Gasteiger partial charge in [0, 0.05) is 24.8 Å². The predicted molar refractivity (Wildman–Crippen MR) is 82.9 cm³/mol. The zero-order valence-electron chi connectivity index (χ0n) is 11.9. The minimum absolute atomic E-state index is 0.0109. The Bertz CT molecular complexity index is 686. The van der Waals surface area contributed by atoms with Gasteiger partial charge in [0.05, 0.1) is 0 Å². The van der Waals surface area contributed by atoms with Crippen LogP contribution in [0.3, 0.4) is 0 Å². The molecule has 0 bridgehead atoms. The third-order valence-corrected chi connectivity index (χ3v) is 2.99. The summed E-state index contributed by atoms with van der Waals surface area (Å²) in [7, 11) is 0. The van der Waals surface area contributed by atoms with Crippen LogP contribution < -0.4 is 16.4 Å². The summed E-state index contributed by atoms with van der Waals surface area (Å²) in [5.41, 5.74) is 7.72. The van der Waals surface area contributed by atoms with E-state index in [0.29, 0.717) is 12.2 Å². The molecule has 2 rings (SSSR count). The topological polar surface area (TPSA) is 104 Å². The van der Waals surface area contributed by atoms with Crippen LogP contribution in [0.25, 0.3) is 0 Å². The third-order valence-electron chi connectivity index (χ3n) is 2.99. The molecule has 2 aromatic carbocycles. The van der Waals surface area contributed by atoms with Gasteiger partial charge in [-0.1, -0.05) is 30.3 Å².